The van der Waals surface area contributed by atoms with Crippen LogP contribution in [-0.2, 0) is 9.63 Å². The van der Waals surface area contributed by atoms with Gasteiger partial charge in [-0.3, -0.25) is 4.79 Å². The number of carbonyl (C=O) groups is 1. The number of amides is 1. The lowest BCUT2D eigenvalue weighted by Gasteiger charge is -2.36. The van der Waals surface area contributed by atoms with Crippen molar-refractivity contribution in [1.82, 2.24) is 4.90 Å². The van der Waals surface area contributed by atoms with E-state index in [0.29, 0.717) is 24.3 Å². The van der Waals surface area contributed by atoms with Crippen LogP contribution >= 0.6 is 0 Å². The molecule has 0 atom stereocenters. The molecule has 92 valence electrons. The van der Waals surface area contributed by atoms with E-state index in [-0.39, 0.29) is 0 Å². The van der Waals surface area contributed by atoms with E-state index in [1.807, 2.05) is 0 Å². The van der Waals surface area contributed by atoms with Crippen molar-refractivity contribution in [3.8, 4) is 0 Å². The third kappa shape index (κ3) is 2.74. The van der Waals surface area contributed by atoms with Gasteiger partial charge in [0.1, 0.15) is 0 Å². The van der Waals surface area contributed by atoms with Gasteiger partial charge < -0.3 is 9.74 Å². The SMILES string of the molecule is NOCCC1CCN(C(=O)C2CCC2)CC1. The van der Waals surface area contributed by atoms with Crippen LogP contribution in [0.15, 0.2) is 0 Å². The van der Waals surface area contributed by atoms with Crippen molar-refractivity contribution in [2.45, 2.75) is 38.5 Å². The van der Waals surface area contributed by atoms with Gasteiger partial charge in [-0.25, -0.2) is 5.90 Å². The summed E-state index contributed by atoms with van der Waals surface area (Å²) < 4.78 is 0. The second-order valence-corrected chi connectivity index (χ2v) is 5.06. The zero-order valence-electron chi connectivity index (χ0n) is 9.86. The molecule has 1 heterocycles. The van der Waals surface area contributed by atoms with Crippen LogP contribution in [0.2, 0.25) is 0 Å². The van der Waals surface area contributed by atoms with Crippen molar-refractivity contribution in [3.05, 3.63) is 0 Å². The Morgan fingerprint density at radius 1 is 1.25 bits per heavy atom. The molecule has 2 N–H and O–H groups in total. The molecule has 1 amide bonds. The van der Waals surface area contributed by atoms with E-state index in [1.165, 1.54) is 6.42 Å². The molecule has 0 spiro atoms. The quantitative estimate of drug-likeness (QED) is 0.735. The minimum absolute atomic E-state index is 0.351. The van der Waals surface area contributed by atoms with E-state index >= 15 is 0 Å². The average Bonchev–Trinajstić information content (AvgIpc) is 2.24. The molecule has 0 radical (unpaired) electrons. The molecule has 4 heteroatoms. The molecule has 0 unspecified atom stereocenters. The fourth-order valence-electron chi connectivity index (χ4n) is 2.59. The van der Waals surface area contributed by atoms with Crippen LogP contribution in [0.5, 0.6) is 0 Å². The normalized spacial score (nSPS) is 23.2. The first kappa shape index (κ1) is 11.9. The van der Waals surface area contributed by atoms with Crippen LogP contribution < -0.4 is 5.90 Å². The monoisotopic (exact) mass is 226 g/mol. The van der Waals surface area contributed by atoms with Crippen molar-refractivity contribution in [3.63, 3.8) is 0 Å². The Balaban J connectivity index is 1.69. The minimum Gasteiger partial charge on any atom is -0.342 e. The molecular formula is C12H22N2O2. The second kappa shape index (κ2) is 5.64. The Labute approximate surface area is 97.1 Å². The Morgan fingerprint density at radius 3 is 2.44 bits per heavy atom. The number of carbonyl (C=O) groups excluding carboxylic acids is 1. The molecule has 2 fully saturated rings. The highest BCUT2D eigenvalue weighted by Crippen LogP contribution is 2.30. The molecule has 1 saturated carbocycles. The standard InChI is InChI=1S/C12H22N2O2/c13-16-9-6-10-4-7-14(8-5-10)12(15)11-2-1-3-11/h10-11H,1-9,13H2. The van der Waals surface area contributed by atoms with Gasteiger partial charge in [0, 0.05) is 19.0 Å². The van der Waals surface area contributed by atoms with Crippen molar-refractivity contribution in [1.29, 1.82) is 0 Å². The highest BCUT2D eigenvalue weighted by molar-refractivity contribution is 5.79. The Morgan fingerprint density at radius 2 is 1.94 bits per heavy atom. The topological polar surface area (TPSA) is 55.6 Å². The summed E-state index contributed by atoms with van der Waals surface area (Å²) in [6, 6.07) is 0. The van der Waals surface area contributed by atoms with Crippen molar-refractivity contribution < 1.29 is 9.63 Å². The van der Waals surface area contributed by atoms with Gasteiger partial charge in [0.25, 0.3) is 0 Å². The third-order valence-corrected chi connectivity index (χ3v) is 4.02. The van der Waals surface area contributed by atoms with Crippen LogP contribution in [0.3, 0.4) is 0 Å². The second-order valence-electron chi connectivity index (χ2n) is 5.06. The largest absolute Gasteiger partial charge is 0.342 e. The van der Waals surface area contributed by atoms with Crippen LogP contribution in [0.25, 0.3) is 0 Å². The summed E-state index contributed by atoms with van der Waals surface area (Å²) >= 11 is 0. The molecule has 0 bridgehead atoms. The van der Waals surface area contributed by atoms with Crippen LogP contribution in [-0.4, -0.2) is 30.5 Å². The Bertz CT molecular complexity index is 233. The third-order valence-electron chi connectivity index (χ3n) is 4.02. The molecule has 2 rings (SSSR count). The van der Waals surface area contributed by atoms with Gasteiger partial charge in [0.2, 0.25) is 5.91 Å². The lowest BCUT2D eigenvalue weighted by atomic mass is 9.83. The Hall–Kier alpha value is -0.610. The number of likely N-dealkylation sites (tertiary alicyclic amines) is 1. The molecule has 0 aromatic carbocycles. The number of piperidine rings is 1. The predicted octanol–water partition coefficient (Wildman–Crippen LogP) is 1.31. The van der Waals surface area contributed by atoms with E-state index in [4.69, 9.17) is 5.90 Å². The molecule has 2 aliphatic rings. The van der Waals surface area contributed by atoms with E-state index in [2.05, 4.69) is 9.74 Å². The average molecular weight is 226 g/mol. The summed E-state index contributed by atoms with van der Waals surface area (Å²) in [6.07, 6.45) is 6.71. The summed E-state index contributed by atoms with van der Waals surface area (Å²) in [6.45, 7) is 2.51. The van der Waals surface area contributed by atoms with Gasteiger partial charge in [-0.1, -0.05) is 6.42 Å². The molecule has 1 aliphatic heterocycles. The van der Waals surface area contributed by atoms with Gasteiger partial charge in [-0.2, -0.15) is 0 Å². The summed E-state index contributed by atoms with van der Waals surface area (Å²) in [5.74, 6) is 6.46. The first-order chi connectivity index (χ1) is 7.81. The van der Waals surface area contributed by atoms with E-state index in [9.17, 15) is 4.79 Å². The minimum atomic E-state index is 0.351. The zero-order valence-corrected chi connectivity index (χ0v) is 9.86. The molecule has 1 saturated heterocycles. The van der Waals surface area contributed by atoms with Gasteiger partial charge in [-0.15, -0.1) is 0 Å². The summed E-state index contributed by atoms with van der Waals surface area (Å²) in [7, 11) is 0. The fourth-order valence-corrected chi connectivity index (χ4v) is 2.59. The van der Waals surface area contributed by atoms with E-state index in [1.54, 1.807) is 0 Å². The van der Waals surface area contributed by atoms with Crippen molar-refractivity contribution >= 4 is 5.91 Å². The smallest absolute Gasteiger partial charge is 0.225 e. The van der Waals surface area contributed by atoms with Gasteiger partial charge in [0.15, 0.2) is 0 Å². The number of hydrogen-bond acceptors (Lipinski definition) is 3. The molecule has 1 aliphatic carbocycles. The molecule has 4 nitrogen and oxygen atoms in total. The van der Waals surface area contributed by atoms with Gasteiger partial charge in [-0.05, 0) is 38.0 Å². The number of rotatable bonds is 4. The van der Waals surface area contributed by atoms with E-state index < -0.39 is 0 Å². The van der Waals surface area contributed by atoms with Crippen LogP contribution in [0.4, 0.5) is 0 Å². The maximum absolute atomic E-state index is 12.0. The molecule has 0 aromatic heterocycles. The van der Waals surface area contributed by atoms with E-state index in [0.717, 1.165) is 45.2 Å². The number of nitrogens with two attached hydrogens (primary N) is 1. The zero-order chi connectivity index (χ0) is 11.4. The molecule has 16 heavy (non-hydrogen) atoms. The fraction of sp³-hybridized carbons (Fsp3) is 0.917. The summed E-state index contributed by atoms with van der Waals surface area (Å²) in [4.78, 5) is 18.6. The lowest BCUT2D eigenvalue weighted by molar-refractivity contribution is -0.139. The highest BCUT2D eigenvalue weighted by atomic mass is 16.6. The predicted molar refractivity (Wildman–Crippen MR) is 61.4 cm³/mol. The molecular weight excluding hydrogens is 204 g/mol. The van der Waals surface area contributed by atoms with Crippen LogP contribution in [0, 0.1) is 11.8 Å². The maximum atomic E-state index is 12.0. The van der Waals surface area contributed by atoms with Crippen LogP contribution in [0.1, 0.15) is 38.5 Å². The van der Waals surface area contributed by atoms with Gasteiger partial charge in [0.05, 0.1) is 6.61 Å². The lowest BCUT2D eigenvalue weighted by Crippen LogP contribution is -2.43. The molecule has 0 aromatic rings. The number of nitrogens with zero attached hydrogens (tertiary/aromatic N) is 1. The maximum Gasteiger partial charge on any atom is 0.225 e. The Kier molecular flexibility index (Phi) is 4.18. The van der Waals surface area contributed by atoms with Crippen molar-refractivity contribution in [2.24, 2.45) is 17.7 Å². The van der Waals surface area contributed by atoms with Gasteiger partial charge >= 0.3 is 0 Å². The first-order valence-corrected chi connectivity index (χ1v) is 6.41. The summed E-state index contributed by atoms with van der Waals surface area (Å²) in [5.41, 5.74) is 0. The summed E-state index contributed by atoms with van der Waals surface area (Å²) in [5, 5.41) is 0. The highest BCUT2D eigenvalue weighted by Gasteiger charge is 2.31. The first-order valence-electron chi connectivity index (χ1n) is 6.41. The van der Waals surface area contributed by atoms with Crippen molar-refractivity contribution in [2.75, 3.05) is 19.7 Å². The number of hydrogen-bond donors (Lipinski definition) is 1.